The first kappa shape index (κ1) is 14.6. The van der Waals surface area contributed by atoms with Gasteiger partial charge in [-0.1, -0.05) is 17.3 Å². The van der Waals surface area contributed by atoms with E-state index in [1.807, 2.05) is 25.1 Å². The Morgan fingerprint density at radius 1 is 1.30 bits per heavy atom. The standard InChI is InChI=1S/C14H21N3O3/c1-9-5-4-6-10(14(15)16-18)13(9)17-7-11(19-2)12(8-17)20-3/h4-6,11-12,18H,7-8H2,1-3H3,(H2,15,16). The highest BCUT2D eigenvalue weighted by Crippen LogP contribution is 2.30. The van der Waals surface area contributed by atoms with Crippen LogP contribution < -0.4 is 10.6 Å². The number of anilines is 1. The van der Waals surface area contributed by atoms with Crippen molar-refractivity contribution < 1.29 is 14.7 Å². The number of ether oxygens (including phenoxy) is 2. The lowest BCUT2D eigenvalue weighted by Crippen LogP contribution is -2.27. The fourth-order valence-corrected chi connectivity index (χ4v) is 2.72. The summed E-state index contributed by atoms with van der Waals surface area (Å²) in [6, 6.07) is 5.74. The normalized spacial score (nSPS) is 23.4. The van der Waals surface area contributed by atoms with Gasteiger partial charge < -0.3 is 25.3 Å². The minimum Gasteiger partial charge on any atom is -0.409 e. The van der Waals surface area contributed by atoms with Crippen LogP contribution in [0.1, 0.15) is 11.1 Å². The maximum atomic E-state index is 8.94. The van der Waals surface area contributed by atoms with Gasteiger partial charge in [0.1, 0.15) is 12.2 Å². The molecule has 0 bridgehead atoms. The lowest BCUT2D eigenvalue weighted by Gasteiger charge is -2.23. The summed E-state index contributed by atoms with van der Waals surface area (Å²) in [6.07, 6.45) is 0.0273. The van der Waals surface area contributed by atoms with Crippen molar-refractivity contribution in [3.05, 3.63) is 29.3 Å². The predicted molar refractivity (Wildman–Crippen MR) is 77.5 cm³/mol. The lowest BCUT2D eigenvalue weighted by atomic mass is 10.1. The molecular weight excluding hydrogens is 258 g/mol. The number of aryl methyl sites for hydroxylation is 1. The molecule has 1 heterocycles. The Kier molecular flexibility index (Phi) is 4.46. The number of rotatable bonds is 4. The Hall–Kier alpha value is -1.79. The number of methoxy groups -OCH3 is 2. The molecule has 6 nitrogen and oxygen atoms in total. The van der Waals surface area contributed by atoms with Gasteiger partial charge in [0, 0.05) is 32.9 Å². The molecule has 3 N–H and O–H groups in total. The van der Waals surface area contributed by atoms with Crippen LogP contribution in [0.3, 0.4) is 0 Å². The number of para-hydroxylation sites is 1. The van der Waals surface area contributed by atoms with Gasteiger partial charge in [-0.2, -0.15) is 0 Å². The second kappa shape index (κ2) is 6.11. The molecular formula is C14H21N3O3. The largest absolute Gasteiger partial charge is 0.409 e. The van der Waals surface area contributed by atoms with Gasteiger partial charge in [-0.05, 0) is 18.6 Å². The Morgan fingerprint density at radius 2 is 1.90 bits per heavy atom. The van der Waals surface area contributed by atoms with Gasteiger partial charge >= 0.3 is 0 Å². The lowest BCUT2D eigenvalue weighted by molar-refractivity contribution is -0.00461. The van der Waals surface area contributed by atoms with Crippen molar-refractivity contribution in [1.82, 2.24) is 0 Å². The predicted octanol–water partition coefficient (Wildman–Crippen LogP) is 0.940. The molecule has 2 unspecified atom stereocenters. The van der Waals surface area contributed by atoms with Gasteiger partial charge in [0.15, 0.2) is 5.84 Å². The molecule has 6 heteroatoms. The van der Waals surface area contributed by atoms with Crippen LogP contribution in [-0.4, -0.2) is 50.6 Å². The van der Waals surface area contributed by atoms with Gasteiger partial charge in [0.05, 0.1) is 5.69 Å². The monoisotopic (exact) mass is 279 g/mol. The van der Waals surface area contributed by atoms with E-state index in [0.29, 0.717) is 13.1 Å². The van der Waals surface area contributed by atoms with E-state index < -0.39 is 0 Å². The molecule has 2 rings (SSSR count). The maximum absolute atomic E-state index is 8.94. The summed E-state index contributed by atoms with van der Waals surface area (Å²) >= 11 is 0. The van der Waals surface area contributed by atoms with Gasteiger partial charge in [-0.25, -0.2) is 0 Å². The first-order chi connectivity index (χ1) is 9.62. The molecule has 1 saturated heterocycles. The molecule has 2 atom stereocenters. The summed E-state index contributed by atoms with van der Waals surface area (Å²) in [5.74, 6) is 0.110. The molecule has 1 aliphatic heterocycles. The average Bonchev–Trinajstić information content (AvgIpc) is 2.88. The van der Waals surface area contributed by atoms with Crippen LogP contribution in [0, 0.1) is 6.92 Å². The van der Waals surface area contributed by atoms with E-state index in [1.165, 1.54) is 0 Å². The zero-order valence-corrected chi connectivity index (χ0v) is 12.0. The van der Waals surface area contributed by atoms with Crippen LogP contribution in [0.2, 0.25) is 0 Å². The van der Waals surface area contributed by atoms with Crippen LogP contribution in [-0.2, 0) is 9.47 Å². The minimum absolute atomic E-state index is 0.0137. The first-order valence-electron chi connectivity index (χ1n) is 6.50. The third kappa shape index (κ3) is 2.57. The molecule has 1 aromatic rings. The Morgan fingerprint density at radius 3 is 2.40 bits per heavy atom. The van der Waals surface area contributed by atoms with E-state index in [1.54, 1.807) is 14.2 Å². The number of oxime groups is 1. The zero-order chi connectivity index (χ0) is 14.7. The van der Waals surface area contributed by atoms with Crippen LogP contribution in [0.5, 0.6) is 0 Å². The number of benzene rings is 1. The zero-order valence-electron chi connectivity index (χ0n) is 12.0. The van der Waals surface area contributed by atoms with Crippen molar-refractivity contribution >= 4 is 11.5 Å². The van der Waals surface area contributed by atoms with Crippen LogP contribution >= 0.6 is 0 Å². The number of hydrogen-bond donors (Lipinski definition) is 2. The summed E-state index contributed by atoms with van der Waals surface area (Å²) in [5, 5.41) is 12.1. The quantitative estimate of drug-likeness (QED) is 0.371. The van der Waals surface area contributed by atoms with Crippen molar-refractivity contribution in [2.45, 2.75) is 19.1 Å². The summed E-state index contributed by atoms with van der Waals surface area (Å²) in [7, 11) is 3.37. The maximum Gasteiger partial charge on any atom is 0.172 e. The van der Waals surface area contributed by atoms with Gasteiger partial charge in [-0.15, -0.1) is 0 Å². The van der Waals surface area contributed by atoms with Gasteiger partial charge in [0.2, 0.25) is 0 Å². The topological polar surface area (TPSA) is 80.3 Å². The number of nitrogens with two attached hydrogens (primary N) is 1. The second-order valence-electron chi connectivity index (χ2n) is 4.91. The highest BCUT2D eigenvalue weighted by Gasteiger charge is 2.34. The van der Waals surface area contributed by atoms with E-state index in [9.17, 15) is 0 Å². The Balaban J connectivity index is 2.38. The molecule has 0 saturated carbocycles. The molecule has 0 spiro atoms. The average molecular weight is 279 g/mol. The van der Waals surface area contributed by atoms with Crippen molar-refractivity contribution in [2.75, 3.05) is 32.2 Å². The van der Waals surface area contributed by atoms with Crippen LogP contribution in [0.25, 0.3) is 0 Å². The van der Waals surface area contributed by atoms with E-state index in [4.69, 9.17) is 20.4 Å². The molecule has 0 amide bonds. The highest BCUT2D eigenvalue weighted by molar-refractivity contribution is 6.02. The summed E-state index contributed by atoms with van der Waals surface area (Å²) in [4.78, 5) is 2.16. The fraction of sp³-hybridized carbons (Fsp3) is 0.500. The smallest absolute Gasteiger partial charge is 0.172 e. The third-order valence-electron chi connectivity index (χ3n) is 3.76. The van der Waals surface area contributed by atoms with E-state index in [-0.39, 0.29) is 18.0 Å². The van der Waals surface area contributed by atoms with Gasteiger partial charge in [-0.3, -0.25) is 0 Å². The summed E-state index contributed by atoms with van der Waals surface area (Å²) in [6.45, 7) is 3.43. The number of amidine groups is 1. The molecule has 20 heavy (non-hydrogen) atoms. The fourth-order valence-electron chi connectivity index (χ4n) is 2.72. The van der Waals surface area contributed by atoms with Crippen molar-refractivity contribution in [2.24, 2.45) is 10.9 Å². The van der Waals surface area contributed by atoms with Crippen LogP contribution in [0.4, 0.5) is 5.69 Å². The van der Waals surface area contributed by atoms with E-state index >= 15 is 0 Å². The van der Waals surface area contributed by atoms with E-state index in [0.717, 1.165) is 16.8 Å². The molecule has 0 radical (unpaired) electrons. The number of nitrogens with zero attached hydrogens (tertiary/aromatic N) is 2. The van der Waals surface area contributed by atoms with Crippen molar-refractivity contribution in [3.8, 4) is 0 Å². The Labute approximate surface area is 118 Å². The number of hydrogen-bond acceptors (Lipinski definition) is 5. The van der Waals surface area contributed by atoms with Gasteiger partial charge in [0.25, 0.3) is 0 Å². The molecule has 1 aromatic carbocycles. The summed E-state index contributed by atoms with van der Waals surface area (Å²) in [5.41, 5.74) is 8.53. The second-order valence-corrected chi connectivity index (χ2v) is 4.91. The third-order valence-corrected chi connectivity index (χ3v) is 3.76. The minimum atomic E-state index is 0.0137. The Bertz CT molecular complexity index is 492. The highest BCUT2D eigenvalue weighted by atomic mass is 16.5. The van der Waals surface area contributed by atoms with Crippen molar-refractivity contribution in [3.63, 3.8) is 0 Å². The molecule has 110 valence electrons. The van der Waals surface area contributed by atoms with Crippen LogP contribution in [0.15, 0.2) is 23.4 Å². The molecule has 1 fully saturated rings. The first-order valence-corrected chi connectivity index (χ1v) is 6.50. The molecule has 1 aliphatic rings. The van der Waals surface area contributed by atoms with E-state index in [2.05, 4.69) is 10.1 Å². The SMILES string of the molecule is COC1CN(c2c(C)cccc2/C(N)=N/O)CC1OC. The summed E-state index contributed by atoms with van der Waals surface area (Å²) < 4.78 is 10.9. The molecule has 0 aromatic heterocycles. The van der Waals surface area contributed by atoms with Crippen molar-refractivity contribution in [1.29, 1.82) is 0 Å². The molecule has 0 aliphatic carbocycles.